The standard InChI is InChI=1S/C21H18FN3O2.ClH/c22-18-7-2-1-5-15(18)13-27-17-6-3-4-14(10-17)12-23-16-8-9-19-20(11-16)25-21(26)24-19;/h1-11,23H,12-13H2,(H2,24,25,26);1H/p-1. The van der Waals surface area contributed by atoms with E-state index in [0.29, 0.717) is 17.9 Å². The van der Waals surface area contributed by atoms with Gasteiger partial charge in [-0.3, -0.25) is 0 Å². The highest BCUT2D eigenvalue weighted by molar-refractivity contribution is 5.78. The van der Waals surface area contributed by atoms with Gasteiger partial charge in [-0.05, 0) is 42.0 Å². The molecule has 1 heterocycles. The number of anilines is 1. The summed E-state index contributed by atoms with van der Waals surface area (Å²) in [7, 11) is 0. The van der Waals surface area contributed by atoms with Gasteiger partial charge in [0, 0.05) is 17.8 Å². The molecule has 5 nitrogen and oxygen atoms in total. The van der Waals surface area contributed by atoms with Gasteiger partial charge < -0.3 is 32.4 Å². The third-order valence-electron chi connectivity index (χ3n) is 4.26. The fourth-order valence-corrected chi connectivity index (χ4v) is 2.87. The van der Waals surface area contributed by atoms with Gasteiger partial charge in [0.1, 0.15) is 18.2 Å². The van der Waals surface area contributed by atoms with Crippen LogP contribution in [-0.2, 0) is 13.2 Å². The maximum absolute atomic E-state index is 13.7. The lowest BCUT2D eigenvalue weighted by molar-refractivity contribution is -0.00000657. The Morgan fingerprint density at radius 3 is 2.61 bits per heavy atom. The van der Waals surface area contributed by atoms with Crippen molar-refractivity contribution < 1.29 is 21.5 Å². The molecule has 144 valence electrons. The summed E-state index contributed by atoms with van der Waals surface area (Å²) < 4.78 is 19.4. The van der Waals surface area contributed by atoms with E-state index in [0.717, 1.165) is 22.3 Å². The molecule has 0 spiro atoms. The van der Waals surface area contributed by atoms with Crippen molar-refractivity contribution in [2.45, 2.75) is 13.2 Å². The van der Waals surface area contributed by atoms with Crippen molar-refractivity contribution >= 4 is 16.7 Å². The zero-order chi connectivity index (χ0) is 18.6. The second-order valence-corrected chi connectivity index (χ2v) is 6.22. The van der Waals surface area contributed by atoms with Gasteiger partial charge in [-0.2, -0.15) is 0 Å². The average Bonchev–Trinajstić information content (AvgIpc) is 3.05. The molecule has 28 heavy (non-hydrogen) atoms. The largest absolute Gasteiger partial charge is 1.00 e. The summed E-state index contributed by atoms with van der Waals surface area (Å²) >= 11 is 0. The molecule has 0 amide bonds. The summed E-state index contributed by atoms with van der Waals surface area (Å²) in [4.78, 5) is 16.8. The molecule has 1 aromatic heterocycles. The second-order valence-electron chi connectivity index (χ2n) is 6.22. The van der Waals surface area contributed by atoms with Crippen LogP contribution in [0.4, 0.5) is 10.1 Å². The second kappa shape index (κ2) is 8.63. The molecular formula is C21H18ClFN3O2-. The van der Waals surface area contributed by atoms with Crippen LogP contribution < -0.4 is 28.2 Å². The quantitative estimate of drug-likeness (QED) is 0.457. The molecule has 0 fully saturated rings. The van der Waals surface area contributed by atoms with Crippen LogP contribution in [0.2, 0.25) is 0 Å². The lowest BCUT2D eigenvalue weighted by Gasteiger charge is -2.10. The van der Waals surface area contributed by atoms with E-state index in [2.05, 4.69) is 15.3 Å². The minimum Gasteiger partial charge on any atom is -1.00 e. The number of hydrogen-bond acceptors (Lipinski definition) is 3. The number of aromatic amines is 2. The zero-order valence-electron chi connectivity index (χ0n) is 14.8. The van der Waals surface area contributed by atoms with Crippen molar-refractivity contribution in [2.24, 2.45) is 0 Å². The molecule has 0 bridgehead atoms. The van der Waals surface area contributed by atoms with E-state index < -0.39 is 0 Å². The monoisotopic (exact) mass is 398 g/mol. The molecular weight excluding hydrogens is 381 g/mol. The van der Waals surface area contributed by atoms with E-state index in [1.807, 2.05) is 42.5 Å². The molecule has 0 unspecified atom stereocenters. The van der Waals surface area contributed by atoms with Gasteiger partial charge in [0.05, 0.1) is 11.0 Å². The van der Waals surface area contributed by atoms with Gasteiger partial charge >= 0.3 is 5.69 Å². The Morgan fingerprint density at radius 2 is 1.75 bits per heavy atom. The minimum absolute atomic E-state index is 0. The van der Waals surface area contributed by atoms with E-state index in [1.54, 1.807) is 18.2 Å². The van der Waals surface area contributed by atoms with Crippen molar-refractivity contribution in [1.82, 2.24) is 9.97 Å². The smallest absolute Gasteiger partial charge is 0.323 e. The third kappa shape index (κ3) is 4.53. The number of fused-ring (bicyclic) bond motifs is 1. The molecule has 0 aliphatic heterocycles. The molecule has 0 aliphatic rings. The number of ether oxygens (including phenoxy) is 1. The van der Waals surface area contributed by atoms with Gasteiger partial charge in [0.2, 0.25) is 0 Å². The normalized spacial score (nSPS) is 10.5. The molecule has 4 aromatic rings. The summed E-state index contributed by atoms with van der Waals surface area (Å²) in [5, 5.41) is 3.32. The number of hydrogen-bond donors (Lipinski definition) is 3. The summed E-state index contributed by atoms with van der Waals surface area (Å²) in [6, 6.07) is 19.9. The van der Waals surface area contributed by atoms with E-state index >= 15 is 0 Å². The Bertz CT molecular complexity index is 1140. The predicted molar refractivity (Wildman–Crippen MR) is 103 cm³/mol. The number of aromatic nitrogens is 2. The fraction of sp³-hybridized carbons (Fsp3) is 0.0952. The predicted octanol–water partition coefficient (Wildman–Crippen LogP) is 1.19. The van der Waals surface area contributed by atoms with E-state index in [-0.39, 0.29) is 30.5 Å². The van der Waals surface area contributed by atoms with Crippen molar-refractivity contribution in [2.75, 3.05) is 5.32 Å². The molecule has 0 radical (unpaired) electrons. The summed E-state index contributed by atoms with van der Waals surface area (Å²) in [5.41, 5.74) is 3.76. The molecule has 4 rings (SSSR count). The van der Waals surface area contributed by atoms with E-state index in [1.165, 1.54) is 6.07 Å². The van der Waals surface area contributed by atoms with Gasteiger partial charge in [-0.1, -0.05) is 30.3 Å². The van der Waals surface area contributed by atoms with Crippen molar-refractivity contribution in [1.29, 1.82) is 0 Å². The first kappa shape index (κ1) is 19.5. The van der Waals surface area contributed by atoms with E-state index in [4.69, 9.17) is 4.74 Å². The Labute approximate surface area is 167 Å². The number of halogens is 2. The van der Waals surface area contributed by atoms with Crippen LogP contribution in [0.25, 0.3) is 11.0 Å². The first-order valence-corrected chi connectivity index (χ1v) is 8.58. The molecule has 0 atom stereocenters. The van der Waals surface area contributed by atoms with Crippen LogP contribution in [0.5, 0.6) is 5.75 Å². The number of nitrogens with one attached hydrogen (secondary N) is 3. The highest BCUT2D eigenvalue weighted by atomic mass is 35.5. The topological polar surface area (TPSA) is 69.9 Å². The average molecular weight is 399 g/mol. The summed E-state index contributed by atoms with van der Waals surface area (Å²) in [6.07, 6.45) is 0. The van der Waals surface area contributed by atoms with Crippen LogP contribution in [0.3, 0.4) is 0 Å². The molecule has 7 heteroatoms. The number of imidazole rings is 1. The number of H-pyrrole nitrogens is 2. The number of benzene rings is 3. The van der Waals surface area contributed by atoms with Gasteiger partial charge in [0.25, 0.3) is 0 Å². The maximum Gasteiger partial charge on any atom is 0.323 e. The lowest BCUT2D eigenvalue weighted by Crippen LogP contribution is -3.00. The molecule has 3 aromatic carbocycles. The molecule has 3 N–H and O–H groups in total. The highest BCUT2D eigenvalue weighted by Crippen LogP contribution is 2.19. The van der Waals surface area contributed by atoms with Crippen molar-refractivity contribution in [3.05, 3.63) is 94.2 Å². The maximum atomic E-state index is 13.7. The van der Waals surface area contributed by atoms with E-state index in [9.17, 15) is 9.18 Å². The minimum atomic E-state index is -0.270. The molecule has 0 aliphatic carbocycles. The fourth-order valence-electron chi connectivity index (χ4n) is 2.87. The van der Waals surface area contributed by atoms with Crippen LogP contribution in [0, 0.1) is 5.82 Å². The molecule has 0 saturated heterocycles. The first-order chi connectivity index (χ1) is 13.2. The lowest BCUT2D eigenvalue weighted by atomic mass is 10.2. The highest BCUT2D eigenvalue weighted by Gasteiger charge is 2.04. The van der Waals surface area contributed by atoms with Crippen LogP contribution in [0.15, 0.2) is 71.5 Å². The Hall–Kier alpha value is -3.25. The van der Waals surface area contributed by atoms with Gasteiger partial charge in [0.15, 0.2) is 0 Å². The van der Waals surface area contributed by atoms with Crippen LogP contribution in [0.1, 0.15) is 11.1 Å². The van der Waals surface area contributed by atoms with Crippen LogP contribution in [-0.4, -0.2) is 9.97 Å². The third-order valence-corrected chi connectivity index (χ3v) is 4.26. The van der Waals surface area contributed by atoms with Gasteiger partial charge in [-0.25, -0.2) is 9.18 Å². The first-order valence-electron chi connectivity index (χ1n) is 8.58. The van der Waals surface area contributed by atoms with Crippen molar-refractivity contribution in [3.63, 3.8) is 0 Å². The van der Waals surface area contributed by atoms with Crippen LogP contribution >= 0.6 is 0 Å². The van der Waals surface area contributed by atoms with Crippen molar-refractivity contribution in [3.8, 4) is 5.75 Å². The Kier molecular flexibility index (Phi) is 6.01. The van der Waals surface area contributed by atoms with Gasteiger partial charge in [-0.15, -0.1) is 0 Å². The Balaban J connectivity index is 0.00000225. The molecule has 0 saturated carbocycles. The number of rotatable bonds is 6. The summed E-state index contributed by atoms with van der Waals surface area (Å²) in [6.45, 7) is 0.776. The zero-order valence-corrected chi connectivity index (χ0v) is 15.6. The summed E-state index contributed by atoms with van der Waals surface area (Å²) in [5.74, 6) is 0.413. The SMILES string of the molecule is O=c1[nH]c2ccc(NCc3cccc(OCc4ccccc4F)c3)cc2[nH]1.[Cl-]. The Morgan fingerprint density at radius 1 is 0.929 bits per heavy atom.